The van der Waals surface area contributed by atoms with Gasteiger partial charge in [-0.3, -0.25) is 14.9 Å². The number of fused-ring (bicyclic) bond motifs is 2. The van der Waals surface area contributed by atoms with Crippen LogP contribution in [0.3, 0.4) is 0 Å². The van der Waals surface area contributed by atoms with E-state index in [4.69, 9.17) is 20.8 Å². The van der Waals surface area contributed by atoms with Crippen LogP contribution in [-0.2, 0) is 18.4 Å². The zero-order valence-electron chi connectivity index (χ0n) is 14.4. The van der Waals surface area contributed by atoms with E-state index < -0.39 is 5.91 Å². The van der Waals surface area contributed by atoms with E-state index in [-0.39, 0.29) is 18.1 Å². The fourth-order valence-corrected chi connectivity index (χ4v) is 2.97. The van der Waals surface area contributed by atoms with Crippen molar-refractivity contribution in [3.8, 4) is 5.75 Å². The number of aromatic nitrogens is 4. The topological polar surface area (TPSA) is 104 Å². The molecule has 0 aliphatic rings. The number of pyridine rings is 1. The van der Waals surface area contributed by atoms with Crippen LogP contribution in [0.2, 0.25) is 5.02 Å². The lowest BCUT2D eigenvalue weighted by molar-refractivity contribution is -0.116. The Bertz CT molecular complexity index is 1240. The quantitative estimate of drug-likeness (QED) is 0.575. The third-order valence-electron chi connectivity index (χ3n) is 4.07. The van der Waals surface area contributed by atoms with Crippen molar-refractivity contribution in [1.29, 1.82) is 0 Å². The predicted octanol–water partition coefficient (Wildman–Crippen LogP) is 2.18. The largest absolute Gasteiger partial charge is 0.495 e. The molecule has 0 atom stereocenters. The summed E-state index contributed by atoms with van der Waals surface area (Å²) < 4.78 is 13.5. The van der Waals surface area contributed by atoms with Gasteiger partial charge in [0.2, 0.25) is 5.91 Å². The molecule has 0 aliphatic heterocycles. The number of nitrogens with one attached hydrogen (secondary N) is 1. The van der Waals surface area contributed by atoms with Gasteiger partial charge in [-0.1, -0.05) is 11.6 Å². The van der Waals surface area contributed by atoms with Crippen LogP contribution in [0.15, 0.2) is 39.9 Å². The smallest absolute Gasteiger partial charge is 0.302 e. The lowest BCUT2D eigenvalue weighted by Crippen LogP contribution is -2.23. The Morgan fingerprint density at radius 3 is 2.96 bits per heavy atom. The molecule has 4 rings (SSSR count). The summed E-state index contributed by atoms with van der Waals surface area (Å²) >= 11 is 6.05. The van der Waals surface area contributed by atoms with Gasteiger partial charge in [0.15, 0.2) is 5.58 Å². The first-order valence-electron chi connectivity index (χ1n) is 7.90. The molecule has 27 heavy (non-hydrogen) atoms. The Hall–Kier alpha value is -3.33. The Balaban J connectivity index is 1.59. The molecule has 0 saturated carbocycles. The lowest BCUT2D eigenvalue weighted by atomic mass is 10.3. The molecule has 0 aliphatic carbocycles. The molecule has 0 fully saturated rings. The van der Waals surface area contributed by atoms with Crippen LogP contribution >= 0.6 is 11.6 Å². The molecule has 1 N–H and O–H groups in total. The summed E-state index contributed by atoms with van der Waals surface area (Å²) in [4.78, 5) is 33.0. The first kappa shape index (κ1) is 17.1. The van der Waals surface area contributed by atoms with Crippen LogP contribution in [0.4, 0.5) is 6.01 Å². The molecule has 3 aromatic heterocycles. The fourth-order valence-electron chi connectivity index (χ4n) is 2.74. The molecule has 0 spiro atoms. The van der Waals surface area contributed by atoms with Crippen LogP contribution in [-0.4, -0.2) is 32.1 Å². The van der Waals surface area contributed by atoms with Crippen molar-refractivity contribution in [1.82, 2.24) is 19.1 Å². The van der Waals surface area contributed by atoms with Crippen LogP contribution in [0.25, 0.3) is 22.1 Å². The van der Waals surface area contributed by atoms with Crippen LogP contribution < -0.4 is 15.6 Å². The summed E-state index contributed by atoms with van der Waals surface area (Å²) in [6.45, 7) is -0.113. The average Bonchev–Trinajstić information content (AvgIpc) is 3.20. The zero-order chi connectivity index (χ0) is 19.1. The maximum atomic E-state index is 12.4. The number of carbonyl (C=O) groups is 1. The SMILES string of the molecule is COc1cc2nc(NC(=O)Cn3cnc4ccn(C)c(=O)c43)oc2cc1Cl. The predicted molar refractivity (Wildman–Crippen MR) is 99.2 cm³/mol. The van der Waals surface area contributed by atoms with Gasteiger partial charge in [0.1, 0.15) is 23.3 Å². The Kier molecular flexibility index (Phi) is 4.08. The van der Waals surface area contributed by atoms with Crippen molar-refractivity contribution in [2.75, 3.05) is 12.4 Å². The number of ether oxygens (including phenoxy) is 1. The molecule has 9 nitrogen and oxygen atoms in total. The second kappa shape index (κ2) is 6.44. The molecule has 3 heterocycles. The van der Waals surface area contributed by atoms with Gasteiger partial charge in [-0.05, 0) is 6.07 Å². The minimum Gasteiger partial charge on any atom is -0.495 e. The van der Waals surface area contributed by atoms with Crippen molar-refractivity contribution in [3.05, 3.63) is 46.1 Å². The summed E-state index contributed by atoms with van der Waals surface area (Å²) in [5.41, 5.74) is 1.55. The monoisotopic (exact) mass is 387 g/mol. The number of imidazole rings is 1. The molecule has 138 valence electrons. The molecule has 0 saturated heterocycles. The highest BCUT2D eigenvalue weighted by Gasteiger charge is 2.15. The van der Waals surface area contributed by atoms with Crippen molar-refractivity contribution in [2.45, 2.75) is 6.54 Å². The van der Waals surface area contributed by atoms with Gasteiger partial charge in [-0.2, -0.15) is 4.98 Å². The summed E-state index contributed by atoms with van der Waals surface area (Å²) in [6, 6.07) is 4.91. The molecule has 4 aromatic rings. The van der Waals surface area contributed by atoms with E-state index in [0.717, 1.165) is 0 Å². The standard InChI is InChI=1S/C17H14ClN5O4/c1-22-4-3-10-15(16(22)25)23(8-19-10)7-14(24)21-17-20-11-6-12(26-2)9(18)5-13(11)27-17/h3-6,8H,7H2,1-2H3,(H,20,21,24). The van der Waals surface area contributed by atoms with Gasteiger partial charge in [0, 0.05) is 25.4 Å². The van der Waals surface area contributed by atoms with Crippen LogP contribution in [0.1, 0.15) is 0 Å². The van der Waals surface area contributed by atoms with Gasteiger partial charge in [0.05, 0.1) is 24.0 Å². The molecule has 0 bridgehead atoms. The van der Waals surface area contributed by atoms with Gasteiger partial charge in [-0.25, -0.2) is 4.98 Å². The van der Waals surface area contributed by atoms with Crippen LogP contribution in [0, 0.1) is 0 Å². The fraction of sp³-hybridized carbons (Fsp3) is 0.176. The second-order valence-corrected chi connectivity index (χ2v) is 6.27. The van der Waals surface area contributed by atoms with E-state index in [1.54, 1.807) is 31.4 Å². The number of anilines is 1. The highest BCUT2D eigenvalue weighted by atomic mass is 35.5. The minimum atomic E-state index is -0.412. The van der Waals surface area contributed by atoms with E-state index in [0.29, 0.717) is 32.9 Å². The summed E-state index contributed by atoms with van der Waals surface area (Å²) in [5.74, 6) is 0.0425. The number of carbonyl (C=O) groups excluding carboxylic acids is 1. The minimum absolute atomic E-state index is 0.0247. The van der Waals surface area contributed by atoms with E-state index in [1.807, 2.05) is 0 Å². The van der Waals surface area contributed by atoms with Crippen molar-refractivity contribution >= 4 is 45.7 Å². The van der Waals surface area contributed by atoms with Crippen molar-refractivity contribution in [3.63, 3.8) is 0 Å². The van der Waals surface area contributed by atoms with Gasteiger partial charge < -0.3 is 18.3 Å². The highest BCUT2D eigenvalue weighted by Crippen LogP contribution is 2.31. The first-order valence-corrected chi connectivity index (χ1v) is 8.28. The molecule has 1 amide bonds. The Morgan fingerprint density at radius 1 is 1.37 bits per heavy atom. The molecule has 0 unspecified atom stereocenters. The van der Waals surface area contributed by atoms with Gasteiger partial charge in [-0.15, -0.1) is 0 Å². The van der Waals surface area contributed by atoms with Gasteiger partial charge in [0.25, 0.3) is 5.56 Å². The number of nitrogens with zero attached hydrogens (tertiary/aromatic N) is 4. The number of halogens is 1. The van der Waals surface area contributed by atoms with Crippen molar-refractivity contribution in [2.24, 2.45) is 7.05 Å². The third-order valence-corrected chi connectivity index (χ3v) is 4.36. The third kappa shape index (κ3) is 3.02. The van der Waals surface area contributed by atoms with Gasteiger partial charge >= 0.3 is 6.01 Å². The maximum absolute atomic E-state index is 12.4. The zero-order valence-corrected chi connectivity index (χ0v) is 15.1. The van der Waals surface area contributed by atoms with E-state index in [2.05, 4.69) is 15.3 Å². The van der Waals surface area contributed by atoms with Crippen LogP contribution in [0.5, 0.6) is 5.75 Å². The number of hydrogen-bond acceptors (Lipinski definition) is 6. The van der Waals surface area contributed by atoms with Crippen molar-refractivity contribution < 1.29 is 13.9 Å². The number of rotatable bonds is 4. The first-order chi connectivity index (χ1) is 13.0. The Labute approximate surface area is 157 Å². The molecule has 10 heteroatoms. The number of hydrogen-bond donors (Lipinski definition) is 1. The summed E-state index contributed by atoms with van der Waals surface area (Å²) in [6.07, 6.45) is 3.07. The number of aryl methyl sites for hydroxylation is 1. The molecule has 1 aromatic carbocycles. The summed E-state index contributed by atoms with van der Waals surface area (Å²) in [7, 11) is 3.13. The van der Waals surface area contributed by atoms with E-state index >= 15 is 0 Å². The maximum Gasteiger partial charge on any atom is 0.302 e. The number of oxazole rings is 1. The molecular formula is C17H14ClN5O4. The highest BCUT2D eigenvalue weighted by molar-refractivity contribution is 6.32. The number of methoxy groups -OCH3 is 1. The second-order valence-electron chi connectivity index (χ2n) is 5.86. The lowest BCUT2D eigenvalue weighted by Gasteiger charge is -2.04. The van der Waals surface area contributed by atoms with E-state index in [1.165, 1.54) is 22.6 Å². The van der Waals surface area contributed by atoms with E-state index in [9.17, 15) is 9.59 Å². The average molecular weight is 388 g/mol. The number of benzene rings is 1. The molecule has 0 radical (unpaired) electrons. The summed E-state index contributed by atoms with van der Waals surface area (Å²) in [5, 5.41) is 2.94. The normalized spacial score (nSPS) is 11.2. The number of amides is 1. The Morgan fingerprint density at radius 2 is 2.19 bits per heavy atom. The molecular weight excluding hydrogens is 374 g/mol.